The van der Waals surface area contributed by atoms with Gasteiger partial charge in [-0.05, 0) is 41.3 Å². The van der Waals surface area contributed by atoms with Crippen molar-refractivity contribution in [3.63, 3.8) is 0 Å². The molecule has 4 heteroatoms. The van der Waals surface area contributed by atoms with Crippen LogP contribution in [-0.4, -0.2) is 25.0 Å². The van der Waals surface area contributed by atoms with Crippen molar-refractivity contribution in [2.45, 2.75) is 6.92 Å². The van der Waals surface area contributed by atoms with E-state index in [1.165, 1.54) is 0 Å². The summed E-state index contributed by atoms with van der Waals surface area (Å²) in [5.41, 5.74) is 6.02. The normalized spacial score (nSPS) is 10.3. The topological polar surface area (TPSA) is 45.2 Å². The zero-order valence-corrected chi connectivity index (χ0v) is 15.9. The van der Waals surface area contributed by atoms with Crippen LogP contribution in [-0.2, 0) is 0 Å². The van der Waals surface area contributed by atoms with E-state index in [-0.39, 0.29) is 5.91 Å². The molecule has 1 aromatic heterocycles. The van der Waals surface area contributed by atoms with Gasteiger partial charge in [-0.2, -0.15) is 0 Å². The van der Waals surface area contributed by atoms with E-state index in [0.717, 1.165) is 33.6 Å². The minimum Gasteiger partial charge on any atom is -0.376 e. The van der Waals surface area contributed by atoms with Gasteiger partial charge in [-0.1, -0.05) is 55.1 Å². The fourth-order valence-corrected chi connectivity index (χ4v) is 2.98. The molecule has 27 heavy (non-hydrogen) atoms. The van der Waals surface area contributed by atoms with Crippen molar-refractivity contribution < 1.29 is 4.79 Å². The molecule has 0 aliphatic heterocycles. The Kier molecular flexibility index (Phi) is 5.36. The number of hydrogen-bond acceptors (Lipinski definition) is 3. The number of aromatic nitrogens is 1. The lowest BCUT2D eigenvalue weighted by molar-refractivity contribution is 0.102. The van der Waals surface area contributed by atoms with Crippen LogP contribution in [0.4, 0.5) is 11.4 Å². The number of pyridine rings is 1. The molecule has 0 fully saturated rings. The Hall–Kier alpha value is -3.40. The molecule has 1 amide bonds. The average Bonchev–Trinajstić information content (AvgIpc) is 2.69. The molecule has 0 spiro atoms. The highest BCUT2D eigenvalue weighted by molar-refractivity contribution is 6.07. The maximum atomic E-state index is 12.9. The van der Waals surface area contributed by atoms with Gasteiger partial charge in [0.1, 0.15) is 0 Å². The second kappa shape index (κ2) is 7.87. The number of rotatable bonds is 5. The van der Waals surface area contributed by atoms with Crippen LogP contribution in [0.1, 0.15) is 21.6 Å². The van der Waals surface area contributed by atoms with Crippen molar-refractivity contribution in [2.24, 2.45) is 0 Å². The first-order chi connectivity index (χ1) is 13.0. The van der Waals surface area contributed by atoms with E-state index >= 15 is 0 Å². The minimum atomic E-state index is -0.234. The van der Waals surface area contributed by atoms with E-state index < -0.39 is 0 Å². The lowest BCUT2D eigenvalue weighted by Gasteiger charge is -2.18. The van der Waals surface area contributed by atoms with Gasteiger partial charge in [-0.25, -0.2) is 4.98 Å². The first kappa shape index (κ1) is 18.4. The fraction of sp³-hybridized carbons (Fsp3) is 0.130. The van der Waals surface area contributed by atoms with Gasteiger partial charge in [0.2, 0.25) is 0 Å². The highest BCUT2D eigenvalue weighted by Gasteiger charge is 2.17. The van der Waals surface area contributed by atoms with E-state index in [2.05, 4.69) is 35.1 Å². The molecule has 3 aromatic rings. The molecule has 2 aromatic carbocycles. The smallest absolute Gasteiger partial charge is 0.276 e. The zero-order valence-electron chi connectivity index (χ0n) is 15.9. The molecular weight excluding hydrogens is 334 g/mol. The molecule has 136 valence electrons. The number of carbonyl (C=O) groups is 1. The summed E-state index contributed by atoms with van der Waals surface area (Å²) >= 11 is 0. The van der Waals surface area contributed by atoms with Gasteiger partial charge in [0.05, 0.1) is 5.69 Å². The Balaban J connectivity index is 1.95. The summed E-state index contributed by atoms with van der Waals surface area (Å²) in [6.45, 7) is 5.78. The second-order valence-electron chi connectivity index (χ2n) is 6.53. The standard InChI is InChI=1S/C23H23N3O/c1-5-17-14-21(26(3)4)22(24-15-17)23(27)25-20-13-9-12-19(16(20)2)18-10-7-6-8-11-18/h5-15H,1H2,2-4H3,(H,25,27). The Morgan fingerprint density at radius 2 is 1.85 bits per heavy atom. The highest BCUT2D eigenvalue weighted by atomic mass is 16.1. The molecule has 0 unspecified atom stereocenters. The van der Waals surface area contributed by atoms with Crippen molar-refractivity contribution in [3.8, 4) is 11.1 Å². The second-order valence-corrected chi connectivity index (χ2v) is 6.53. The molecule has 3 rings (SSSR count). The lowest BCUT2D eigenvalue weighted by Crippen LogP contribution is -2.20. The van der Waals surface area contributed by atoms with Gasteiger partial charge in [-0.15, -0.1) is 0 Å². The summed E-state index contributed by atoms with van der Waals surface area (Å²) in [5.74, 6) is -0.234. The van der Waals surface area contributed by atoms with Gasteiger partial charge in [0.25, 0.3) is 5.91 Å². The Morgan fingerprint density at radius 1 is 1.11 bits per heavy atom. The van der Waals surface area contributed by atoms with Crippen LogP contribution in [0.2, 0.25) is 0 Å². The lowest BCUT2D eigenvalue weighted by atomic mass is 9.99. The van der Waals surface area contributed by atoms with Crippen molar-refractivity contribution in [1.29, 1.82) is 0 Å². The number of carbonyl (C=O) groups excluding carboxylic acids is 1. The molecular formula is C23H23N3O. The van der Waals surface area contributed by atoms with Crippen molar-refractivity contribution in [2.75, 3.05) is 24.3 Å². The van der Waals surface area contributed by atoms with Gasteiger partial charge < -0.3 is 10.2 Å². The molecule has 1 heterocycles. The number of hydrogen-bond donors (Lipinski definition) is 1. The van der Waals surface area contributed by atoms with Crippen LogP contribution >= 0.6 is 0 Å². The van der Waals surface area contributed by atoms with Crippen molar-refractivity contribution in [3.05, 3.63) is 84.2 Å². The van der Waals surface area contributed by atoms with Gasteiger partial charge in [0, 0.05) is 26.0 Å². The van der Waals surface area contributed by atoms with Crippen LogP contribution in [0.3, 0.4) is 0 Å². The molecule has 0 radical (unpaired) electrons. The van der Waals surface area contributed by atoms with E-state index in [9.17, 15) is 4.79 Å². The van der Waals surface area contributed by atoms with E-state index in [1.807, 2.05) is 62.3 Å². The van der Waals surface area contributed by atoms with Gasteiger partial charge in [-0.3, -0.25) is 4.79 Å². The quantitative estimate of drug-likeness (QED) is 0.697. The van der Waals surface area contributed by atoms with Gasteiger partial charge in [0.15, 0.2) is 5.69 Å². The number of benzene rings is 2. The average molecular weight is 357 g/mol. The first-order valence-electron chi connectivity index (χ1n) is 8.77. The molecule has 0 aliphatic rings. The predicted molar refractivity (Wildman–Crippen MR) is 113 cm³/mol. The maximum absolute atomic E-state index is 12.9. The molecule has 0 bridgehead atoms. The third kappa shape index (κ3) is 3.90. The largest absolute Gasteiger partial charge is 0.376 e. The van der Waals surface area contributed by atoms with Crippen LogP contribution < -0.4 is 10.2 Å². The van der Waals surface area contributed by atoms with E-state index in [4.69, 9.17) is 0 Å². The number of nitrogens with zero attached hydrogens (tertiary/aromatic N) is 2. The third-order valence-electron chi connectivity index (χ3n) is 4.49. The minimum absolute atomic E-state index is 0.234. The zero-order chi connectivity index (χ0) is 19.4. The summed E-state index contributed by atoms with van der Waals surface area (Å²) in [6, 6.07) is 18.0. The number of amides is 1. The predicted octanol–water partition coefficient (Wildman–Crippen LogP) is 5.02. The molecule has 0 saturated carbocycles. The number of nitrogens with one attached hydrogen (secondary N) is 1. The van der Waals surface area contributed by atoms with Crippen LogP contribution in [0.5, 0.6) is 0 Å². The highest BCUT2D eigenvalue weighted by Crippen LogP contribution is 2.29. The maximum Gasteiger partial charge on any atom is 0.276 e. The first-order valence-corrected chi connectivity index (χ1v) is 8.77. The third-order valence-corrected chi connectivity index (χ3v) is 4.49. The van der Waals surface area contributed by atoms with E-state index in [0.29, 0.717) is 5.69 Å². The summed E-state index contributed by atoms with van der Waals surface area (Å²) in [6.07, 6.45) is 3.37. The summed E-state index contributed by atoms with van der Waals surface area (Å²) in [4.78, 5) is 19.1. The van der Waals surface area contributed by atoms with Crippen molar-refractivity contribution >= 4 is 23.4 Å². The summed E-state index contributed by atoms with van der Waals surface area (Å²) in [5, 5.41) is 3.02. The van der Waals surface area contributed by atoms with Crippen LogP contribution in [0, 0.1) is 6.92 Å². The van der Waals surface area contributed by atoms with Crippen LogP contribution in [0.15, 0.2) is 67.4 Å². The Labute approximate surface area is 160 Å². The number of anilines is 2. The molecule has 4 nitrogen and oxygen atoms in total. The summed E-state index contributed by atoms with van der Waals surface area (Å²) in [7, 11) is 3.78. The molecule has 1 N–H and O–H groups in total. The Morgan fingerprint density at radius 3 is 2.52 bits per heavy atom. The van der Waals surface area contributed by atoms with Gasteiger partial charge >= 0.3 is 0 Å². The SMILES string of the molecule is C=Cc1cnc(C(=O)Nc2cccc(-c3ccccc3)c2C)c(N(C)C)c1. The monoisotopic (exact) mass is 357 g/mol. The van der Waals surface area contributed by atoms with Crippen molar-refractivity contribution in [1.82, 2.24) is 4.98 Å². The molecule has 0 saturated heterocycles. The molecule has 0 aliphatic carbocycles. The molecule has 0 atom stereocenters. The summed E-state index contributed by atoms with van der Waals surface area (Å²) < 4.78 is 0. The van der Waals surface area contributed by atoms with E-state index in [1.54, 1.807) is 12.3 Å². The Bertz CT molecular complexity index is 978. The van der Waals surface area contributed by atoms with Crippen LogP contribution in [0.25, 0.3) is 17.2 Å². The fourth-order valence-electron chi connectivity index (χ4n) is 2.98.